The molecule has 0 atom stereocenters. The summed E-state index contributed by atoms with van der Waals surface area (Å²) in [5.41, 5.74) is 0.901. The first-order valence-electron chi connectivity index (χ1n) is 7.58. The monoisotopic (exact) mass is 343 g/mol. The topological polar surface area (TPSA) is 68.5 Å². The SMILES string of the molecule is Cc1cc(=O)oc2cc(OCC(=O)NCCc3cccs3)ccc12. The fraction of sp³-hybridized carbons (Fsp3) is 0.222. The van der Waals surface area contributed by atoms with Gasteiger partial charge in [0.25, 0.3) is 5.91 Å². The van der Waals surface area contributed by atoms with E-state index in [1.165, 1.54) is 10.9 Å². The Morgan fingerprint density at radius 3 is 2.96 bits per heavy atom. The number of thiophene rings is 1. The molecular weight excluding hydrogens is 326 g/mol. The molecule has 1 N–H and O–H groups in total. The van der Waals surface area contributed by atoms with Crippen LogP contribution in [-0.2, 0) is 11.2 Å². The fourth-order valence-corrected chi connectivity index (χ4v) is 3.08. The van der Waals surface area contributed by atoms with Crippen molar-refractivity contribution >= 4 is 28.2 Å². The molecule has 0 aliphatic heterocycles. The molecule has 6 heteroatoms. The third-order valence-electron chi connectivity index (χ3n) is 3.57. The van der Waals surface area contributed by atoms with Gasteiger partial charge in [0.05, 0.1) is 0 Å². The van der Waals surface area contributed by atoms with Crippen molar-refractivity contribution in [3.8, 4) is 5.75 Å². The summed E-state index contributed by atoms with van der Waals surface area (Å²) in [7, 11) is 0. The van der Waals surface area contributed by atoms with Gasteiger partial charge in [-0.2, -0.15) is 0 Å². The molecule has 0 saturated carbocycles. The highest BCUT2D eigenvalue weighted by Gasteiger charge is 2.06. The molecule has 2 heterocycles. The van der Waals surface area contributed by atoms with Gasteiger partial charge >= 0.3 is 5.63 Å². The van der Waals surface area contributed by atoms with Crippen molar-refractivity contribution in [1.29, 1.82) is 0 Å². The molecule has 3 aromatic rings. The number of nitrogens with one attached hydrogen (secondary N) is 1. The molecule has 24 heavy (non-hydrogen) atoms. The first kappa shape index (κ1) is 16.3. The van der Waals surface area contributed by atoms with Gasteiger partial charge in [-0.15, -0.1) is 11.3 Å². The van der Waals surface area contributed by atoms with Gasteiger partial charge in [0.1, 0.15) is 11.3 Å². The van der Waals surface area contributed by atoms with E-state index in [1.54, 1.807) is 23.5 Å². The molecule has 0 aliphatic rings. The normalized spacial score (nSPS) is 10.7. The van der Waals surface area contributed by atoms with Crippen LogP contribution in [0, 0.1) is 6.92 Å². The number of hydrogen-bond acceptors (Lipinski definition) is 5. The molecule has 124 valence electrons. The van der Waals surface area contributed by atoms with E-state index in [1.807, 2.05) is 30.5 Å². The molecule has 0 spiro atoms. The fourth-order valence-electron chi connectivity index (χ4n) is 2.37. The molecule has 3 rings (SSSR count). The number of benzene rings is 1. The van der Waals surface area contributed by atoms with E-state index in [2.05, 4.69) is 5.32 Å². The van der Waals surface area contributed by atoms with Gasteiger partial charge in [-0.3, -0.25) is 4.79 Å². The van der Waals surface area contributed by atoms with Crippen LogP contribution in [0.2, 0.25) is 0 Å². The highest BCUT2D eigenvalue weighted by molar-refractivity contribution is 7.09. The van der Waals surface area contributed by atoms with Crippen LogP contribution in [0.25, 0.3) is 11.0 Å². The second-order valence-electron chi connectivity index (χ2n) is 5.37. The minimum absolute atomic E-state index is 0.0774. The average Bonchev–Trinajstić information content (AvgIpc) is 3.05. The second kappa shape index (κ2) is 7.31. The molecule has 2 aromatic heterocycles. The third-order valence-corrected chi connectivity index (χ3v) is 4.50. The van der Waals surface area contributed by atoms with Crippen LogP contribution < -0.4 is 15.7 Å². The van der Waals surface area contributed by atoms with Crippen LogP contribution in [0.1, 0.15) is 10.4 Å². The van der Waals surface area contributed by atoms with Gasteiger partial charge in [-0.05, 0) is 42.5 Å². The van der Waals surface area contributed by atoms with Crippen molar-refractivity contribution in [2.45, 2.75) is 13.3 Å². The molecule has 0 unspecified atom stereocenters. The van der Waals surface area contributed by atoms with Gasteiger partial charge in [-0.25, -0.2) is 4.79 Å². The number of amides is 1. The smallest absolute Gasteiger partial charge is 0.336 e. The van der Waals surface area contributed by atoms with Crippen molar-refractivity contribution in [2.24, 2.45) is 0 Å². The van der Waals surface area contributed by atoms with Crippen molar-refractivity contribution < 1.29 is 13.9 Å². The largest absolute Gasteiger partial charge is 0.484 e. The number of carbonyl (C=O) groups is 1. The summed E-state index contributed by atoms with van der Waals surface area (Å²) in [6.07, 6.45) is 0.809. The van der Waals surface area contributed by atoms with Crippen LogP contribution in [0.3, 0.4) is 0 Å². The maximum absolute atomic E-state index is 11.8. The van der Waals surface area contributed by atoms with Crippen LogP contribution in [-0.4, -0.2) is 19.1 Å². The Balaban J connectivity index is 1.55. The summed E-state index contributed by atoms with van der Waals surface area (Å²) < 4.78 is 10.6. The first-order valence-corrected chi connectivity index (χ1v) is 8.46. The van der Waals surface area contributed by atoms with Crippen molar-refractivity contribution in [3.05, 3.63) is 62.6 Å². The van der Waals surface area contributed by atoms with Crippen molar-refractivity contribution in [1.82, 2.24) is 5.32 Å². The van der Waals surface area contributed by atoms with E-state index in [-0.39, 0.29) is 12.5 Å². The standard InChI is InChI=1S/C18H17NO4S/c1-12-9-18(21)23-16-10-13(4-5-15(12)16)22-11-17(20)19-7-6-14-3-2-8-24-14/h2-5,8-10H,6-7,11H2,1H3,(H,19,20). The molecule has 0 radical (unpaired) electrons. The van der Waals surface area contributed by atoms with Crippen LogP contribution in [0.5, 0.6) is 5.75 Å². The summed E-state index contributed by atoms with van der Waals surface area (Å²) in [6, 6.07) is 10.7. The van der Waals surface area contributed by atoms with E-state index < -0.39 is 5.63 Å². The van der Waals surface area contributed by atoms with E-state index in [0.29, 0.717) is 17.9 Å². The molecule has 0 saturated heterocycles. The quantitative estimate of drug-likeness (QED) is 0.699. The lowest BCUT2D eigenvalue weighted by atomic mass is 10.1. The Labute approximate surface area is 142 Å². The van der Waals surface area contributed by atoms with Gasteiger partial charge < -0.3 is 14.5 Å². The van der Waals surface area contributed by atoms with Crippen molar-refractivity contribution in [2.75, 3.05) is 13.2 Å². The Morgan fingerprint density at radius 2 is 2.17 bits per heavy atom. The predicted molar refractivity (Wildman–Crippen MR) is 93.7 cm³/mol. The Hall–Kier alpha value is -2.60. The van der Waals surface area contributed by atoms with Crippen LogP contribution in [0.15, 0.2) is 51.0 Å². The molecule has 5 nitrogen and oxygen atoms in total. The number of fused-ring (bicyclic) bond motifs is 1. The first-order chi connectivity index (χ1) is 11.6. The minimum Gasteiger partial charge on any atom is -0.484 e. The van der Waals surface area contributed by atoms with Crippen LogP contribution >= 0.6 is 11.3 Å². The molecule has 1 amide bonds. The maximum Gasteiger partial charge on any atom is 0.336 e. The highest BCUT2D eigenvalue weighted by Crippen LogP contribution is 2.22. The van der Waals surface area contributed by atoms with E-state index in [9.17, 15) is 9.59 Å². The lowest BCUT2D eigenvalue weighted by Gasteiger charge is -2.08. The van der Waals surface area contributed by atoms with E-state index in [4.69, 9.17) is 9.15 Å². The zero-order valence-corrected chi connectivity index (χ0v) is 14.0. The second-order valence-corrected chi connectivity index (χ2v) is 6.41. The number of rotatable bonds is 6. The Bertz CT molecular complexity index is 899. The number of carbonyl (C=O) groups excluding carboxylic acids is 1. The Morgan fingerprint density at radius 1 is 1.29 bits per heavy atom. The van der Waals surface area contributed by atoms with Gasteiger partial charge in [0, 0.05) is 28.9 Å². The van der Waals surface area contributed by atoms with Crippen LogP contribution in [0.4, 0.5) is 0 Å². The molecule has 0 aliphatic carbocycles. The summed E-state index contributed by atoms with van der Waals surface area (Å²) in [4.78, 5) is 24.5. The number of aryl methyl sites for hydroxylation is 1. The molecule has 0 fully saturated rings. The van der Waals surface area contributed by atoms with E-state index >= 15 is 0 Å². The summed E-state index contributed by atoms with van der Waals surface area (Å²) >= 11 is 1.67. The summed E-state index contributed by atoms with van der Waals surface area (Å²) in [5, 5.41) is 5.68. The predicted octanol–water partition coefficient (Wildman–Crippen LogP) is 2.90. The number of hydrogen-bond donors (Lipinski definition) is 1. The van der Waals surface area contributed by atoms with Gasteiger partial charge in [-0.1, -0.05) is 6.07 Å². The van der Waals surface area contributed by atoms with Gasteiger partial charge in [0.2, 0.25) is 0 Å². The maximum atomic E-state index is 11.8. The third kappa shape index (κ3) is 4.02. The van der Waals surface area contributed by atoms with Gasteiger partial charge in [0.15, 0.2) is 6.61 Å². The summed E-state index contributed by atoms with van der Waals surface area (Å²) in [6.45, 7) is 2.35. The average molecular weight is 343 g/mol. The summed E-state index contributed by atoms with van der Waals surface area (Å²) in [5.74, 6) is 0.307. The molecule has 0 bridgehead atoms. The minimum atomic E-state index is -0.400. The lowest BCUT2D eigenvalue weighted by Crippen LogP contribution is -2.30. The van der Waals surface area contributed by atoms with Crippen molar-refractivity contribution in [3.63, 3.8) is 0 Å². The zero-order valence-electron chi connectivity index (χ0n) is 13.2. The number of ether oxygens (including phenoxy) is 1. The van der Waals surface area contributed by atoms with E-state index in [0.717, 1.165) is 17.4 Å². The molecular formula is C18H17NO4S. The zero-order chi connectivity index (χ0) is 16.9. The Kier molecular flexibility index (Phi) is 4.96. The highest BCUT2D eigenvalue weighted by atomic mass is 32.1. The molecule has 1 aromatic carbocycles. The lowest BCUT2D eigenvalue weighted by molar-refractivity contribution is -0.123.